The largest absolute Gasteiger partial charge is 0.491 e. The molecule has 0 bridgehead atoms. The van der Waals surface area contributed by atoms with Gasteiger partial charge in [0.05, 0.1) is 17.8 Å². The fourth-order valence-corrected chi connectivity index (χ4v) is 1.87. The van der Waals surface area contributed by atoms with Crippen molar-refractivity contribution in [2.75, 3.05) is 12.4 Å². The molecule has 1 amide bonds. The van der Waals surface area contributed by atoms with Crippen LogP contribution >= 0.6 is 23.2 Å². The quantitative estimate of drug-likeness (QED) is 0.915. The first kappa shape index (κ1) is 14.4. The highest BCUT2D eigenvalue weighted by Crippen LogP contribution is 2.25. The molecular weight excluding hydrogens is 303 g/mol. The number of aromatic amines is 1. The summed E-state index contributed by atoms with van der Waals surface area (Å²) in [6, 6.07) is 5.83. The van der Waals surface area contributed by atoms with E-state index in [9.17, 15) is 9.59 Å². The molecule has 0 aliphatic heterocycles. The van der Waals surface area contributed by atoms with Crippen LogP contribution in [0.2, 0.25) is 10.0 Å². The van der Waals surface area contributed by atoms with Crippen molar-refractivity contribution in [3.63, 3.8) is 0 Å². The normalized spacial score (nSPS) is 10.2. The van der Waals surface area contributed by atoms with E-state index >= 15 is 0 Å². The van der Waals surface area contributed by atoms with Gasteiger partial charge in [-0.1, -0.05) is 23.2 Å². The summed E-state index contributed by atoms with van der Waals surface area (Å²) in [6.07, 6.45) is 1.32. The lowest BCUT2D eigenvalue weighted by Crippen LogP contribution is -2.17. The molecule has 104 valence electrons. The second kappa shape index (κ2) is 5.98. The number of hydrogen-bond acceptors (Lipinski definition) is 3. The Morgan fingerprint density at radius 3 is 2.70 bits per heavy atom. The molecule has 2 aromatic rings. The third-order valence-electron chi connectivity index (χ3n) is 2.52. The van der Waals surface area contributed by atoms with Crippen LogP contribution in [0.15, 0.2) is 35.3 Å². The van der Waals surface area contributed by atoms with Gasteiger partial charge in [-0.3, -0.25) is 9.59 Å². The van der Waals surface area contributed by atoms with E-state index in [0.29, 0.717) is 15.7 Å². The van der Waals surface area contributed by atoms with E-state index in [1.54, 1.807) is 12.1 Å². The van der Waals surface area contributed by atoms with Crippen molar-refractivity contribution in [2.24, 2.45) is 0 Å². The molecule has 0 spiro atoms. The summed E-state index contributed by atoms with van der Waals surface area (Å²) in [6.45, 7) is 0. The molecule has 7 heteroatoms. The molecular formula is C13H10Cl2N2O3. The van der Waals surface area contributed by atoms with E-state index in [4.69, 9.17) is 27.9 Å². The lowest BCUT2D eigenvalue weighted by Gasteiger charge is -2.08. The Morgan fingerprint density at radius 1 is 1.30 bits per heavy atom. The van der Waals surface area contributed by atoms with Crippen molar-refractivity contribution in [3.8, 4) is 5.75 Å². The van der Waals surface area contributed by atoms with Crippen molar-refractivity contribution >= 4 is 34.8 Å². The Labute approximate surface area is 124 Å². The molecule has 0 aliphatic rings. The van der Waals surface area contributed by atoms with E-state index in [2.05, 4.69) is 10.3 Å². The number of amides is 1. The van der Waals surface area contributed by atoms with Crippen LogP contribution in [0.4, 0.5) is 5.69 Å². The van der Waals surface area contributed by atoms with Crippen LogP contribution < -0.4 is 15.5 Å². The fourth-order valence-electron chi connectivity index (χ4n) is 1.53. The lowest BCUT2D eigenvalue weighted by atomic mass is 10.3. The molecule has 20 heavy (non-hydrogen) atoms. The highest BCUT2D eigenvalue weighted by Gasteiger charge is 2.11. The summed E-state index contributed by atoms with van der Waals surface area (Å²) >= 11 is 11.8. The second-order valence-corrected chi connectivity index (χ2v) is 4.70. The topological polar surface area (TPSA) is 71.2 Å². The van der Waals surface area contributed by atoms with E-state index in [-0.39, 0.29) is 11.4 Å². The highest BCUT2D eigenvalue weighted by atomic mass is 35.5. The molecule has 0 aliphatic carbocycles. The number of ether oxygens (including phenoxy) is 1. The number of halogens is 2. The van der Waals surface area contributed by atoms with Gasteiger partial charge in [0.2, 0.25) is 5.43 Å². The number of H-pyrrole nitrogens is 1. The molecule has 0 saturated heterocycles. The number of hydrogen-bond donors (Lipinski definition) is 2. The monoisotopic (exact) mass is 312 g/mol. The number of pyridine rings is 1. The van der Waals surface area contributed by atoms with Crippen molar-refractivity contribution in [2.45, 2.75) is 0 Å². The summed E-state index contributed by atoms with van der Waals surface area (Å²) in [7, 11) is 1.37. The Hall–Kier alpha value is -1.98. The van der Waals surface area contributed by atoms with Gasteiger partial charge >= 0.3 is 0 Å². The first-order chi connectivity index (χ1) is 9.51. The number of carbonyl (C=O) groups excluding carboxylic acids is 1. The maximum absolute atomic E-state index is 12.0. The third-order valence-corrected chi connectivity index (χ3v) is 3.08. The maximum atomic E-state index is 12.0. The molecule has 1 aromatic carbocycles. The minimum atomic E-state index is -0.506. The molecule has 0 atom stereocenters. The number of benzene rings is 1. The zero-order valence-corrected chi connectivity index (χ0v) is 11.9. The van der Waals surface area contributed by atoms with Crippen molar-refractivity contribution < 1.29 is 9.53 Å². The smallest absolute Gasteiger partial charge is 0.272 e. The van der Waals surface area contributed by atoms with E-state index < -0.39 is 11.3 Å². The van der Waals surface area contributed by atoms with Crippen LogP contribution in [-0.2, 0) is 0 Å². The Kier molecular flexibility index (Phi) is 4.32. The predicted molar refractivity (Wildman–Crippen MR) is 78.0 cm³/mol. The number of rotatable bonds is 3. The summed E-state index contributed by atoms with van der Waals surface area (Å²) < 4.78 is 4.82. The Bertz CT molecular complexity index is 713. The minimum absolute atomic E-state index is 0.0897. The molecule has 0 fully saturated rings. The molecule has 1 heterocycles. The fraction of sp³-hybridized carbons (Fsp3) is 0.0769. The van der Waals surface area contributed by atoms with Crippen LogP contribution in [0.25, 0.3) is 0 Å². The first-order valence-corrected chi connectivity index (χ1v) is 6.30. The zero-order chi connectivity index (χ0) is 14.7. The Morgan fingerprint density at radius 2 is 2.05 bits per heavy atom. The average Bonchev–Trinajstić information content (AvgIpc) is 2.42. The van der Waals surface area contributed by atoms with Gasteiger partial charge in [0.25, 0.3) is 5.91 Å². The van der Waals surface area contributed by atoms with E-state index in [0.717, 1.165) is 6.07 Å². The SMILES string of the molecule is COc1c[nH]c(C(=O)Nc2cc(Cl)ccc2Cl)cc1=O. The Balaban J connectivity index is 2.26. The average molecular weight is 313 g/mol. The zero-order valence-electron chi connectivity index (χ0n) is 10.4. The van der Waals surface area contributed by atoms with E-state index in [1.165, 1.54) is 19.4 Å². The number of anilines is 1. The molecule has 2 rings (SSSR count). The summed E-state index contributed by atoms with van der Waals surface area (Å²) in [5.41, 5.74) is 0.0567. The molecule has 0 radical (unpaired) electrons. The summed E-state index contributed by atoms with van der Waals surface area (Å²) in [5, 5.41) is 3.35. The summed E-state index contributed by atoms with van der Waals surface area (Å²) in [5.74, 6) is -0.378. The van der Waals surface area contributed by atoms with Gasteiger partial charge in [0.15, 0.2) is 5.75 Å². The number of methoxy groups -OCH3 is 1. The molecule has 2 N–H and O–H groups in total. The van der Waals surface area contributed by atoms with Crippen molar-refractivity contribution in [1.29, 1.82) is 0 Å². The van der Waals surface area contributed by atoms with Gasteiger partial charge in [-0.05, 0) is 18.2 Å². The van der Waals surface area contributed by atoms with Gasteiger partial charge in [-0.15, -0.1) is 0 Å². The van der Waals surface area contributed by atoms with Gasteiger partial charge < -0.3 is 15.0 Å². The van der Waals surface area contributed by atoms with Gasteiger partial charge in [-0.2, -0.15) is 0 Å². The van der Waals surface area contributed by atoms with E-state index in [1.807, 2.05) is 0 Å². The molecule has 5 nitrogen and oxygen atoms in total. The van der Waals surface area contributed by atoms with Crippen LogP contribution in [0.3, 0.4) is 0 Å². The molecule has 0 saturated carbocycles. The standard InChI is InChI=1S/C13H10Cl2N2O3/c1-20-12-6-16-10(5-11(12)18)13(19)17-9-4-7(14)2-3-8(9)15/h2-6H,1H3,(H,16,18)(H,17,19). The first-order valence-electron chi connectivity index (χ1n) is 5.54. The highest BCUT2D eigenvalue weighted by molar-refractivity contribution is 6.35. The molecule has 1 aromatic heterocycles. The number of nitrogens with one attached hydrogen (secondary N) is 2. The summed E-state index contributed by atoms with van der Waals surface area (Å²) in [4.78, 5) is 26.3. The number of aromatic nitrogens is 1. The van der Waals surface area contributed by atoms with Crippen LogP contribution in [0.1, 0.15) is 10.5 Å². The van der Waals surface area contributed by atoms with Crippen LogP contribution in [0.5, 0.6) is 5.75 Å². The van der Waals surface area contributed by atoms with Gasteiger partial charge in [0.1, 0.15) is 5.69 Å². The van der Waals surface area contributed by atoms with Crippen molar-refractivity contribution in [1.82, 2.24) is 4.98 Å². The minimum Gasteiger partial charge on any atom is -0.491 e. The van der Waals surface area contributed by atoms with Crippen molar-refractivity contribution in [3.05, 3.63) is 56.4 Å². The number of carbonyl (C=O) groups is 1. The lowest BCUT2D eigenvalue weighted by molar-refractivity contribution is 0.102. The van der Waals surface area contributed by atoms with Crippen LogP contribution in [-0.4, -0.2) is 18.0 Å². The second-order valence-electron chi connectivity index (χ2n) is 3.86. The van der Waals surface area contributed by atoms with Gasteiger partial charge in [-0.25, -0.2) is 0 Å². The predicted octanol–water partition coefficient (Wildman–Crippen LogP) is 2.94. The van der Waals surface area contributed by atoms with Crippen LogP contribution in [0, 0.1) is 0 Å². The molecule has 0 unspecified atom stereocenters. The van der Waals surface area contributed by atoms with Gasteiger partial charge in [0, 0.05) is 17.3 Å². The third kappa shape index (κ3) is 3.12. The maximum Gasteiger partial charge on any atom is 0.272 e.